The van der Waals surface area contributed by atoms with Gasteiger partial charge < -0.3 is 15.1 Å². The molecule has 7 heteroatoms. The molecule has 0 bridgehead atoms. The van der Waals surface area contributed by atoms with Crippen LogP contribution in [-0.4, -0.2) is 90.4 Å². The maximum atomic E-state index is 12.5. The van der Waals surface area contributed by atoms with Crippen LogP contribution < -0.4 is 5.32 Å². The molecule has 6 nitrogen and oxygen atoms in total. The topological polar surface area (TPSA) is 55.9 Å². The van der Waals surface area contributed by atoms with Gasteiger partial charge in [-0.1, -0.05) is 12.1 Å². The van der Waals surface area contributed by atoms with Gasteiger partial charge in [-0.25, -0.2) is 0 Å². The summed E-state index contributed by atoms with van der Waals surface area (Å²) in [7, 11) is 2.19. The summed E-state index contributed by atoms with van der Waals surface area (Å²) in [6.07, 6.45) is 2.53. The molecule has 0 radical (unpaired) electrons. The molecule has 154 valence electrons. The Kier molecular flexibility index (Phi) is 7.76. The number of likely N-dealkylation sites (N-methyl/N-ethyl adjacent to an activating group) is 1. The summed E-state index contributed by atoms with van der Waals surface area (Å²) in [6, 6.07) is 8.37. The molecule has 2 aliphatic rings. The summed E-state index contributed by atoms with van der Waals surface area (Å²) >= 11 is 1.39. The van der Waals surface area contributed by atoms with Gasteiger partial charge in [-0.3, -0.25) is 14.5 Å². The van der Waals surface area contributed by atoms with E-state index in [4.69, 9.17) is 0 Å². The second-order valence-electron chi connectivity index (χ2n) is 7.89. The summed E-state index contributed by atoms with van der Waals surface area (Å²) in [5.41, 5.74) is 1.92. The molecule has 1 aromatic rings. The average molecular weight is 405 g/mol. The smallest absolute Gasteiger partial charge is 0.234 e. The van der Waals surface area contributed by atoms with Gasteiger partial charge >= 0.3 is 0 Å². The van der Waals surface area contributed by atoms with Crippen LogP contribution in [0.4, 0.5) is 5.69 Å². The summed E-state index contributed by atoms with van der Waals surface area (Å²) in [4.78, 5) is 31.4. The molecule has 2 amide bonds. The minimum Gasteiger partial charge on any atom is -0.339 e. The highest BCUT2D eigenvalue weighted by Gasteiger charge is 2.28. The minimum absolute atomic E-state index is 0.0605. The molecule has 0 spiro atoms. The number of aryl methyl sites for hydroxylation is 1. The van der Waals surface area contributed by atoms with Crippen molar-refractivity contribution >= 4 is 29.3 Å². The van der Waals surface area contributed by atoms with Gasteiger partial charge in [-0.15, -0.1) is 11.8 Å². The first kappa shape index (κ1) is 21.1. The van der Waals surface area contributed by atoms with Crippen LogP contribution in [0.5, 0.6) is 0 Å². The van der Waals surface area contributed by atoms with Crippen molar-refractivity contribution in [1.82, 2.24) is 14.7 Å². The van der Waals surface area contributed by atoms with Gasteiger partial charge in [-0.05, 0) is 51.1 Å². The number of piperazine rings is 1. The Hall–Kier alpha value is -1.57. The highest BCUT2D eigenvalue weighted by molar-refractivity contribution is 8.00. The number of thioether (sulfide) groups is 1. The van der Waals surface area contributed by atoms with Crippen molar-refractivity contribution < 1.29 is 9.59 Å². The van der Waals surface area contributed by atoms with Crippen LogP contribution in [-0.2, 0) is 9.59 Å². The molecule has 0 aromatic heterocycles. The van der Waals surface area contributed by atoms with Crippen LogP contribution in [0.1, 0.15) is 18.4 Å². The lowest BCUT2D eigenvalue weighted by Gasteiger charge is -2.42. The molecule has 3 rings (SSSR count). The van der Waals surface area contributed by atoms with Crippen molar-refractivity contribution in [3.63, 3.8) is 0 Å². The SMILES string of the molecule is Cc1cccc(NC(=O)CSCC(=O)N2CCN(C3CCCN(C)C3)CC2)c1. The predicted octanol–water partition coefficient (Wildman–Crippen LogP) is 1.91. The van der Waals surface area contributed by atoms with E-state index in [1.54, 1.807) is 0 Å². The van der Waals surface area contributed by atoms with Gasteiger partial charge in [-0.2, -0.15) is 0 Å². The Morgan fingerprint density at radius 2 is 1.93 bits per heavy atom. The summed E-state index contributed by atoms with van der Waals surface area (Å²) in [5.74, 6) is 0.755. The Morgan fingerprint density at radius 1 is 1.14 bits per heavy atom. The number of hydrogen-bond acceptors (Lipinski definition) is 5. The molecule has 2 saturated heterocycles. The molecule has 1 aromatic carbocycles. The Morgan fingerprint density at radius 3 is 2.64 bits per heavy atom. The van der Waals surface area contributed by atoms with Crippen LogP contribution in [0.15, 0.2) is 24.3 Å². The zero-order valence-corrected chi connectivity index (χ0v) is 17.8. The van der Waals surface area contributed by atoms with Crippen molar-refractivity contribution in [3.05, 3.63) is 29.8 Å². The van der Waals surface area contributed by atoms with Crippen molar-refractivity contribution in [2.24, 2.45) is 0 Å². The number of carbonyl (C=O) groups is 2. The zero-order chi connectivity index (χ0) is 19.9. The van der Waals surface area contributed by atoms with E-state index in [-0.39, 0.29) is 11.8 Å². The van der Waals surface area contributed by atoms with Gasteiger partial charge in [0.1, 0.15) is 0 Å². The fourth-order valence-corrected chi connectivity index (χ4v) is 4.73. The van der Waals surface area contributed by atoms with Crippen molar-refractivity contribution in [3.8, 4) is 0 Å². The highest BCUT2D eigenvalue weighted by atomic mass is 32.2. The first-order valence-corrected chi connectivity index (χ1v) is 11.3. The number of likely N-dealkylation sites (tertiary alicyclic amines) is 1. The highest BCUT2D eigenvalue weighted by Crippen LogP contribution is 2.17. The average Bonchev–Trinajstić information content (AvgIpc) is 2.68. The molecule has 28 heavy (non-hydrogen) atoms. The lowest BCUT2D eigenvalue weighted by molar-refractivity contribution is -0.130. The molecule has 2 fully saturated rings. The van der Waals surface area contributed by atoms with Crippen molar-refractivity contribution in [2.45, 2.75) is 25.8 Å². The molecule has 2 aliphatic heterocycles. The number of carbonyl (C=O) groups excluding carboxylic acids is 2. The molecule has 0 saturated carbocycles. The van der Waals surface area contributed by atoms with Gasteiger partial charge in [0.25, 0.3) is 0 Å². The number of hydrogen-bond donors (Lipinski definition) is 1. The van der Waals surface area contributed by atoms with Crippen molar-refractivity contribution in [1.29, 1.82) is 0 Å². The third kappa shape index (κ3) is 6.22. The van der Waals surface area contributed by atoms with E-state index >= 15 is 0 Å². The van der Waals surface area contributed by atoms with E-state index in [2.05, 4.69) is 22.2 Å². The number of benzene rings is 1. The second-order valence-corrected chi connectivity index (χ2v) is 8.87. The van der Waals surface area contributed by atoms with E-state index in [9.17, 15) is 9.59 Å². The zero-order valence-electron chi connectivity index (χ0n) is 17.0. The standard InChI is InChI=1S/C21H32N4O2S/c1-17-5-3-6-18(13-17)22-20(26)15-28-16-21(27)25-11-9-24(10-12-25)19-7-4-8-23(2)14-19/h3,5-6,13,19H,4,7-12,14-16H2,1-2H3,(H,22,26). The normalized spacial score (nSPS) is 21.5. The first-order valence-electron chi connectivity index (χ1n) is 10.2. The van der Waals surface area contributed by atoms with E-state index in [1.807, 2.05) is 36.1 Å². The number of nitrogens with zero attached hydrogens (tertiary/aromatic N) is 3. The molecular weight excluding hydrogens is 372 g/mol. The maximum absolute atomic E-state index is 12.5. The predicted molar refractivity (Wildman–Crippen MR) is 116 cm³/mol. The molecule has 1 unspecified atom stereocenters. The molecule has 1 N–H and O–H groups in total. The van der Waals surface area contributed by atoms with Gasteiger partial charge in [0.05, 0.1) is 11.5 Å². The summed E-state index contributed by atoms with van der Waals surface area (Å²) < 4.78 is 0. The van der Waals surface area contributed by atoms with Gasteiger partial charge in [0, 0.05) is 44.5 Å². The Balaban J connectivity index is 1.34. The third-order valence-corrected chi connectivity index (χ3v) is 6.46. The number of nitrogens with one attached hydrogen (secondary N) is 1. The maximum Gasteiger partial charge on any atom is 0.234 e. The van der Waals surface area contributed by atoms with Crippen LogP contribution in [0.3, 0.4) is 0 Å². The van der Waals surface area contributed by atoms with Crippen molar-refractivity contribution in [2.75, 3.05) is 63.1 Å². The fourth-order valence-electron chi connectivity index (χ4n) is 4.02. The number of anilines is 1. The largest absolute Gasteiger partial charge is 0.339 e. The van der Waals surface area contributed by atoms with E-state index in [0.29, 0.717) is 17.5 Å². The molecular formula is C21H32N4O2S. The van der Waals surface area contributed by atoms with Gasteiger partial charge in [0.2, 0.25) is 11.8 Å². The van der Waals surface area contributed by atoms with Crippen LogP contribution in [0, 0.1) is 6.92 Å². The molecule has 2 heterocycles. The lowest BCUT2D eigenvalue weighted by Crippen LogP contribution is -2.55. The van der Waals surface area contributed by atoms with Gasteiger partial charge in [0.15, 0.2) is 0 Å². The van der Waals surface area contributed by atoms with Crippen LogP contribution in [0.2, 0.25) is 0 Å². The quantitative estimate of drug-likeness (QED) is 0.785. The number of rotatable bonds is 6. The lowest BCUT2D eigenvalue weighted by atomic mass is 10.0. The second kappa shape index (κ2) is 10.3. The van der Waals surface area contributed by atoms with E-state index < -0.39 is 0 Å². The number of piperidine rings is 1. The van der Waals surface area contributed by atoms with Crippen LogP contribution >= 0.6 is 11.8 Å². The Labute approximate surface area is 172 Å². The number of amides is 2. The third-order valence-electron chi connectivity index (χ3n) is 5.54. The molecule has 0 aliphatic carbocycles. The van der Waals surface area contributed by atoms with E-state index in [1.165, 1.54) is 31.1 Å². The fraction of sp³-hybridized carbons (Fsp3) is 0.619. The summed E-state index contributed by atoms with van der Waals surface area (Å²) in [5, 5.41) is 2.89. The van der Waals surface area contributed by atoms with Crippen LogP contribution in [0.25, 0.3) is 0 Å². The molecule has 1 atom stereocenters. The minimum atomic E-state index is -0.0605. The van der Waals surface area contributed by atoms with E-state index in [0.717, 1.165) is 44.0 Å². The summed E-state index contributed by atoms with van der Waals surface area (Å²) in [6.45, 7) is 7.86. The monoisotopic (exact) mass is 404 g/mol. The Bertz CT molecular complexity index is 676. The first-order chi connectivity index (χ1) is 13.5.